The molecule has 10 heteroatoms. The molecule has 0 radical (unpaired) electrons. The van der Waals surface area contributed by atoms with Gasteiger partial charge in [0.05, 0.1) is 23.8 Å². The van der Waals surface area contributed by atoms with Crippen LogP contribution < -0.4 is 16.0 Å². The summed E-state index contributed by atoms with van der Waals surface area (Å²) in [6.45, 7) is 8.86. The topological polar surface area (TPSA) is 81.7 Å². The number of aromatic nitrogens is 1. The number of hydrogen-bond acceptors (Lipinski definition) is 6. The largest absolute Gasteiger partial charge is 0.357 e. The fourth-order valence-electron chi connectivity index (χ4n) is 3.40. The van der Waals surface area contributed by atoms with Crippen molar-refractivity contribution in [3.05, 3.63) is 38.5 Å². The monoisotopic (exact) mass is 562 g/mol. The number of halogens is 1. The van der Waals surface area contributed by atoms with Crippen LogP contribution in [0.15, 0.2) is 28.0 Å². The SMILES string of the molecule is CCNC(=NCC(c1cccs1)N1CCCC1)NCCNC(=O)c1scnc1C.I. The summed E-state index contributed by atoms with van der Waals surface area (Å²) in [5.74, 6) is 0.719. The van der Waals surface area contributed by atoms with Gasteiger partial charge in [-0.3, -0.25) is 14.7 Å². The van der Waals surface area contributed by atoms with Gasteiger partial charge in [-0.1, -0.05) is 6.07 Å². The molecule has 0 spiro atoms. The lowest BCUT2D eigenvalue weighted by Crippen LogP contribution is -2.42. The van der Waals surface area contributed by atoms with Gasteiger partial charge in [0.1, 0.15) is 4.88 Å². The summed E-state index contributed by atoms with van der Waals surface area (Å²) >= 11 is 3.17. The highest BCUT2D eigenvalue weighted by molar-refractivity contribution is 14.0. The summed E-state index contributed by atoms with van der Waals surface area (Å²) in [5.41, 5.74) is 2.47. The number of nitrogens with zero attached hydrogens (tertiary/aromatic N) is 3. The van der Waals surface area contributed by atoms with Crippen LogP contribution in [0.25, 0.3) is 0 Å². The summed E-state index contributed by atoms with van der Waals surface area (Å²) in [7, 11) is 0. The van der Waals surface area contributed by atoms with Gasteiger partial charge in [-0.15, -0.1) is 46.7 Å². The molecule has 30 heavy (non-hydrogen) atoms. The van der Waals surface area contributed by atoms with Crippen LogP contribution >= 0.6 is 46.7 Å². The first-order valence-electron chi connectivity index (χ1n) is 10.2. The van der Waals surface area contributed by atoms with E-state index in [1.165, 1.54) is 29.1 Å². The number of amides is 1. The molecule has 0 aromatic carbocycles. The van der Waals surface area contributed by atoms with Crippen molar-refractivity contribution in [2.75, 3.05) is 39.3 Å². The Morgan fingerprint density at radius 3 is 2.63 bits per heavy atom. The number of carbonyl (C=O) groups excluding carboxylic acids is 1. The molecule has 1 unspecified atom stereocenters. The third-order valence-electron chi connectivity index (χ3n) is 4.87. The highest BCUT2D eigenvalue weighted by Gasteiger charge is 2.24. The van der Waals surface area contributed by atoms with Crippen molar-refractivity contribution in [2.24, 2.45) is 4.99 Å². The molecule has 1 amide bonds. The zero-order chi connectivity index (χ0) is 20.5. The van der Waals surface area contributed by atoms with Crippen molar-refractivity contribution in [1.29, 1.82) is 0 Å². The van der Waals surface area contributed by atoms with Gasteiger partial charge in [-0.05, 0) is 51.2 Å². The standard InChI is InChI=1S/C20H30N6OS2.HI/c1-3-21-20(23-9-8-22-19(27)18-15(2)25-14-29-18)24-13-16(17-7-6-12-28-17)26-10-4-5-11-26;/h6-7,12,14,16H,3-5,8-11,13H2,1-2H3,(H,22,27)(H2,21,23,24);1H. The number of nitrogens with one attached hydrogen (secondary N) is 3. The van der Waals surface area contributed by atoms with Gasteiger partial charge in [0.2, 0.25) is 0 Å². The predicted molar refractivity (Wildman–Crippen MR) is 136 cm³/mol. The number of likely N-dealkylation sites (tertiary alicyclic amines) is 1. The maximum atomic E-state index is 12.2. The second-order valence-electron chi connectivity index (χ2n) is 6.94. The molecule has 2 aromatic heterocycles. The number of aryl methyl sites for hydroxylation is 1. The minimum atomic E-state index is -0.0690. The van der Waals surface area contributed by atoms with Crippen LogP contribution in [-0.4, -0.2) is 61.0 Å². The Morgan fingerprint density at radius 2 is 2.00 bits per heavy atom. The highest BCUT2D eigenvalue weighted by atomic mass is 127. The van der Waals surface area contributed by atoms with Crippen LogP contribution in [0.4, 0.5) is 0 Å². The maximum absolute atomic E-state index is 12.2. The van der Waals surface area contributed by atoms with E-state index in [0.717, 1.165) is 37.8 Å². The Bertz CT molecular complexity index is 789. The Morgan fingerprint density at radius 1 is 1.23 bits per heavy atom. The normalized spacial score (nSPS) is 15.5. The summed E-state index contributed by atoms with van der Waals surface area (Å²) < 4.78 is 0. The minimum absolute atomic E-state index is 0. The Balaban J connectivity index is 0.00000320. The average molecular weight is 563 g/mol. The Hall–Kier alpha value is -1.24. The fourth-order valence-corrected chi connectivity index (χ4v) is 4.97. The van der Waals surface area contributed by atoms with E-state index in [1.54, 1.807) is 16.8 Å². The first kappa shape index (κ1) is 25.0. The van der Waals surface area contributed by atoms with E-state index in [1.807, 2.05) is 6.92 Å². The minimum Gasteiger partial charge on any atom is -0.357 e. The number of hydrogen-bond donors (Lipinski definition) is 3. The number of thiophene rings is 1. The van der Waals surface area contributed by atoms with Crippen molar-refractivity contribution in [1.82, 2.24) is 25.8 Å². The molecule has 7 nitrogen and oxygen atoms in total. The molecule has 3 heterocycles. The molecule has 3 rings (SSSR count). The Kier molecular flexibility index (Phi) is 11.0. The van der Waals surface area contributed by atoms with Crippen molar-refractivity contribution >= 4 is 58.5 Å². The molecule has 1 aliphatic heterocycles. The lowest BCUT2D eigenvalue weighted by atomic mass is 10.2. The first-order valence-corrected chi connectivity index (χ1v) is 11.9. The molecule has 0 aliphatic carbocycles. The van der Waals surface area contributed by atoms with E-state index in [-0.39, 0.29) is 29.9 Å². The third-order valence-corrected chi connectivity index (χ3v) is 6.78. The van der Waals surface area contributed by atoms with Crippen LogP contribution in [0.5, 0.6) is 0 Å². The predicted octanol–water partition coefficient (Wildman–Crippen LogP) is 3.25. The molecular formula is C20H31IN6OS2. The summed E-state index contributed by atoms with van der Waals surface area (Å²) in [6, 6.07) is 4.66. The number of carbonyl (C=O) groups is 1. The van der Waals surface area contributed by atoms with E-state index in [9.17, 15) is 4.79 Å². The van der Waals surface area contributed by atoms with Crippen molar-refractivity contribution in [3.63, 3.8) is 0 Å². The first-order chi connectivity index (χ1) is 14.2. The Labute approximate surface area is 203 Å². The van der Waals surface area contributed by atoms with Gasteiger partial charge in [0.15, 0.2) is 5.96 Å². The molecule has 0 saturated carbocycles. The van der Waals surface area contributed by atoms with Crippen LogP contribution in [0.1, 0.15) is 46.0 Å². The second kappa shape index (κ2) is 13.2. The number of rotatable bonds is 9. The van der Waals surface area contributed by atoms with E-state index in [0.29, 0.717) is 24.0 Å². The zero-order valence-electron chi connectivity index (χ0n) is 17.5. The second-order valence-corrected chi connectivity index (χ2v) is 8.78. The molecule has 0 bridgehead atoms. The molecule has 1 fully saturated rings. The van der Waals surface area contributed by atoms with Gasteiger partial charge in [-0.2, -0.15) is 0 Å². The van der Waals surface area contributed by atoms with Gasteiger partial charge in [-0.25, -0.2) is 4.98 Å². The smallest absolute Gasteiger partial charge is 0.263 e. The quantitative estimate of drug-likeness (QED) is 0.189. The molecule has 3 N–H and O–H groups in total. The van der Waals surface area contributed by atoms with Crippen molar-refractivity contribution in [3.8, 4) is 0 Å². The third kappa shape index (κ3) is 7.17. The number of thiazole rings is 1. The summed E-state index contributed by atoms with van der Waals surface area (Å²) in [5, 5.41) is 11.7. The molecule has 1 atom stereocenters. The van der Waals surface area contributed by atoms with E-state index in [2.05, 4.69) is 50.3 Å². The van der Waals surface area contributed by atoms with Crippen LogP contribution in [0, 0.1) is 6.92 Å². The van der Waals surface area contributed by atoms with Crippen LogP contribution in [0.3, 0.4) is 0 Å². The molecule has 2 aromatic rings. The van der Waals surface area contributed by atoms with Crippen LogP contribution in [-0.2, 0) is 0 Å². The summed E-state index contributed by atoms with van der Waals surface area (Å²) in [6.07, 6.45) is 2.53. The van der Waals surface area contributed by atoms with Crippen LogP contribution in [0.2, 0.25) is 0 Å². The number of guanidine groups is 1. The molecule has 166 valence electrons. The van der Waals surface area contributed by atoms with E-state index in [4.69, 9.17) is 4.99 Å². The van der Waals surface area contributed by atoms with Crippen molar-refractivity contribution in [2.45, 2.75) is 32.7 Å². The van der Waals surface area contributed by atoms with Gasteiger partial charge in [0.25, 0.3) is 5.91 Å². The molecule has 1 aliphatic rings. The van der Waals surface area contributed by atoms with Gasteiger partial charge in [0, 0.05) is 24.5 Å². The molecule has 1 saturated heterocycles. The summed E-state index contributed by atoms with van der Waals surface area (Å²) in [4.78, 5) is 25.7. The zero-order valence-corrected chi connectivity index (χ0v) is 21.5. The average Bonchev–Trinajstić information content (AvgIpc) is 3.48. The highest BCUT2D eigenvalue weighted by Crippen LogP contribution is 2.28. The maximum Gasteiger partial charge on any atom is 0.263 e. The molecular weight excluding hydrogens is 531 g/mol. The van der Waals surface area contributed by atoms with Crippen molar-refractivity contribution < 1.29 is 4.79 Å². The van der Waals surface area contributed by atoms with Gasteiger partial charge < -0.3 is 16.0 Å². The number of aliphatic imine (C=N–C) groups is 1. The van der Waals surface area contributed by atoms with Gasteiger partial charge >= 0.3 is 0 Å². The van der Waals surface area contributed by atoms with E-state index < -0.39 is 0 Å². The lowest BCUT2D eigenvalue weighted by Gasteiger charge is -2.25. The fraction of sp³-hybridized carbons (Fsp3) is 0.550. The lowest BCUT2D eigenvalue weighted by molar-refractivity contribution is 0.0957. The van der Waals surface area contributed by atoms with E-state index >= 15 is 0 Å².